The molecule has 0 bridgehead atoms. The Morgan fingerprint density at radius 3 is 3.00 bits per heavy atom. The maximum atomic E-state index is 11.6. The van der Waals surface area contributed by atoms with E-state index in [4.69, 9.17) is 16.3 Å². The Balaban J connectivity index is 1.38. The smallest absolute Gasteiger partial charge is 0.303 e. The number of likely N-dealkylation sites (tertiary alicyclic amines) is 1. The molecule has 1 aromatic carbocycles. The molecule has 0 saturated carbocycles. The number of methoxy groups -OCH3 is 1. The second kappa shape index (κ2) is 11.7. The van der Waals surface area contributed by atoms with Crippen LogP contribution >= 0.6 is 22.9 Å². The van der Waals surface area contributed by atoms with Crippen LogP contribution in [-0.2, 0) is 11.2 Å². The second-order valence-corrected chi connectivity index (χ2v) is 10.1. The van der Waals surface area contributed by atoms with Crippen LogP contribution in [-0.4, -0.2) is 47.7 Å². The van der Waals surface area contributed by atoms with E-state index in [1.807, 2.05) is 35.7 Å². The van der Waals surface area contributed by atoms with Crippen LogP contribution in [0.4, 0.5) is 0 Å². The van der Waals surface area contributed by atoms with Gasteiger partial charge in [-0.3, -0.25) is 14.7 Å². The second-order valence-electron chi connectivity index (χ2n) is 8.78. The van der Waals surface area contributed by atoms with Gasteiger partial charge in [-0.15, -0.1) is 11.3 Å². The summed E-state index contributed by atoms with van der Waals surface area (Å²) in [6, 6.07) is 9.87. The number of hydrogen-bond donors (Lipinski definition) is 1. The summed E-state index contributed by atoms with van der Waals surface area (Å²) in [6.45, 7) is 2.42. The fourth-order valence-electron chi connectivity index (χ4n) is 4.85. The summed E-state index contributed by atoms with van der Waals surface area (Å²) in [7, 11) is 1.65. The maximum absolute atomic E-state index is 11.6. The van der Waals surface area contributed by atoms with Gasteiger partial charge in [-0.05, 0) is 79.3 Å². The quantitative estimate of drug-likeness (QED) is 0.402. The lowest BCUT2D eigenvalue weighted by atomic mass is 9.80. The van der Waals surface area contributed by atoms with Gasteiger partial charge >= 0.3 is 5.97 Å². The van der Waals surface area contributed by atoms with Crippen molar-refractivity contribution in [3.05, 3.63) is 57.4 Å². The van der Waals surface area contributed by atoms with Gasteiger partial charge < -0.3 is 9.84 Å². The largest absolute Gasteiger partial charge is 0.497 e. The van der Waals surface area contributed by atoms with Gasteiger partial charge in [0.1, 0.15) is 5.75 Å². The van der Waals surface area contributed by atoms with Crippen LogP contribution in [0.25, 0.3) is 10.9 Å². The molecule has 3 aromatic rings. The van der Waals surface area contributed by atoms with Gasteiger partial charge in [0.2, 0.25) is 0 Å². The fourth-order valence-corrected chi connectivity index (χ4v) is 5.68. The molecule has 2 aromatic heterocycles. The number of carboxylic acids is 1. The van der Waals surface area contributed by atoms with Crippen LogP contribution in [0.1, 0.15) is 36.1 Å². The lowest BCUT2D eigenvalue weighted by molar-refractivity contribution is -0.139. The molecule has 0 aliphatic carbocycles. The minimum atomic E-state index is -0.725. The average Bonchev–Trinajstić information content (AvgIpc) is 3.34. The van der Waals surface area contributed by atoms with Gasteiger partial charge in [0.15, 0.2) is 0 Å². The van der Waals surface area contributed by atoms with Gasteiger partial charge in [-0.25, -0.2) is 0 Å². The first-order chi connectivity index (χ1) is 16.5. The normalized spacial score (nSPS) is 18.4. The Bertz CT molecular complexity index is 1190. The minimum Gasteiger partial charge on any atom is -0.497 e. The Morgan fingerprint density at radius 2 is 2.24 bits per heavy atom. The number of carbonyl (C=O) groups is 1. The molecule has 1 saturated heterocycles. The molecular formula is C27H29ClN2O3S. The molecule has 178 valence electrons. The summed E-state index contributed by atoms with van der Waals surface area (Å²) in [4.78, 5) is 19.4. The summed E-state index contributed by atoms with van der Waals surface area (Å²) in [5.41, 5.74) is 1.99. The molecule has 5 nitrogen and oxygen atoms in total. The number of thiophene rings is 1. The van der Waals surface area contributed by atoms with Crippen molar-refractivity contribution in [3.8, 4) is 17.6 Å². The van der Waals surface area contributed by atoms with E-state index in [1.54, 1.807) is 24.6 Å². The van der Waals surface area contributed by atoms with Crippen molar-refractivity contribution in [2.45, 2.75) is 32.1 Å². The molecule has 34 heavy (non-hydrogen) atoms. The average molecular weight is 497 g/mol. The molecule has 0 spiro atoms. The Kier molecular flexibility index (Phi) is 8.44. The van der Waals surface area contributed by atoms with Crippen molar-refractivity contribution in [1.29, 1.82) is 0 Å². The van der Waals surface area contributed by atoms with Crippen LogP contribution in [0.5, 0.6) is 5.75 Å². The molecule has 2 unspecified atom stereocenters. The Labute approximate surface area is 209 Å². The summed E-state index contributed by atoms with van der Waals surface area (Å²) in [5.74, 6) is 7.04. The topological polar surface area (TPSA) is 62.7 Å². The highest BCUT2D eigenvalue weighted by atomic mass is 35.5. The van der Waals surface area contributed by atoms with Crippen LogP contribution in [0.15, 0.2) is 41.9 Å². The first-order valence-corrected chi connectivity index (χ1v) is 12.9. The lowest BCUT2D eigenvalue weighted by Crippen LogP contribution is -2.41. The fraction of sp³-hybridized carbons (Fsp3) is 0.407. The number of fused-ring (bicyclic) bond motifs is 1. The molecule has 1 aliphatic heterocycles. The Hall–Kier alpha value is -2.59. The highest BCUT2D eigenvalue weighted by molar-refractivity contribution is 7.10. The van der Waals surface area contributed by atoms with Gasteiger partial charge in [-0.2, -0.15) is 0 Å². The maximum Gasteiger partial charge on any atom is 0.303 e. The van der Waals surface area contributed by atoms with Crippen LogP contribution < -0.4 is 4.74 Å². The Morgan fingerprint density at radius 1 is 1.35 bits per heavy atom. The van der Waals surface area contributed by atoms with Gasteiger partial charge in [-0.1, -0.05) is 29.5 Å². The third kappa shape index (κ3) is 6.29. The first-order valence-electron chi connectivity index (χ1n) is 11.6. The minimum absolute atomic E-state index is 0.138. The van der Waals surface area contributed by atoms with Crippen molar-refractivity contribution in [2.75, 3.05) is 26.7 Å². The first kappa shape index (κ1) is 24.5. The van der Waals surface area contributed by atoms with Crippen molar-refractivity contribution < 1.29 is 14.6 Å². The summed E-state index contributed by atoms with van der Waals surface area (Å²) < 4.78 is 5.39. The lowest BCUT2D eigenvalue weighted by Gasteiger charge is -2.37. The molecule has 4 rings (SSSR count). The number of carboxylic acid groups (broad SMARTS) is 1. The number of ether oxygens (including phenoxy) is 1. The highest BCUT2D eigenvalue weighted by Gasteiger charge is 2.30. The van der Waals surface area contributed by atoms with Crippen molar-refractivity contribution in [1.82, 2.24) is 9.88 Å². The number of aryl methyl sites for hydroxylation is 1. The monoisotopic (exact) mass is 496 g/mol. The number of halogens is 1. The number of aliphatic carboxylic acids is 1. The van der Waals surface area contributed by atoms with Gasteiger partial charge in [0.05, 0.1) is 29.1 Å². The number of nitrogens with zero attached hydrogens (tertiary/aromatic N) is 2. The van der Waals surface area contributed by atoms with E-state index >= 15 is 0 Å². The van der Waals surface area contributed by atoms with E-state index in [0.717, 1.165) is 65.9 Å². The van der Waals surface area contributed by atoms with Crippen LogP contribution in [0, 0.1) is 23.7 Å². The molecule has 1 N–H and O–H groups in total. The van der Waals surface area contributed by atoms with Crippen molar-refractivity contribution >= 4 is 39.8 Å². The number of benzene rings is 1. The molecular weight excluding hydrogens is 468 g/mol. The predicted molar refractivity (Wildman–Crippen MR) is 138 cm³/mol. The standard InChI is InChI=1S/C27H29ClN2O3S/c1-33-21-9-10-26-24(16-21)23(25(28)17-29-26)8-2-5-19-11-13-30(18-20(19)15-27(31)32)12-3-6-22-7-4-14-34-22/h4,7,9-10,14,16-17,19-20H,2,5,8,11-13,15,18H2,1H3,(H,31,32). The third-order valence-corrected chi connectivity index (χ3v) is 7.69. The van der Waals surface area contributed by atoms with E-state index in [9.17, 15) is 9.90 Å². The van der Waals surface area contributed by atoms with Crippen LogP contribution in [0.2, 0.25) is 5.02 Å². The third-order valence-electron chi connectivity index (χ3n) is 6.58. The van der Waals surface area contributed by atoms with Crippen LogP contribution in [0.3, 0.4) is 0 Å². The summed E-state index contributed by atoms with van der Waals surface area (Å²) >= 11 is 8.16. The van der Waals surface area contributed by atoms with E-state index in [0.29, 0.717) is 17.5 Å². The summed E-state index contributed by atoms with van der Waals surface area (Å²) in [6.07, 6.45) is 5.69. The molecule has 2 atom stereocenters. The molecule has 3 heterocycles. The zero-order valence-corrected chi connectivity index (χ0v) is 20.9. The zero-order valence-electron chi connectivity index (χ0n) is 19.3. The zero-order chi connectivity index (χ0) is 23.9. The predicted octanol–water partition coefficient (Wildman–Crippen LogP) is 5.75. The molecule has 0 radical (unpaired) electrons. The van der Waals surface area contributed by atoms with E-state index in [1.165, 1.54) is 0 Å². The number of aromatic nitrogens is 1. The number of pyridine rings is 1. The number of piperidine rings is 1. The molecule has 0 amide bonds. The number of hydrogen-bond acceptors (Lipinski definition) is 5. The van der Waals surface area contributed by atoms with E-state index in [-0.39, 0.29) is 12.3 Å². The van der Waals surface area contributed by atoms with Crippen molar-refractivity contribution in [2.24, 2.45) is 11.8 Å². The molecule has 7 heteroatoms. The SMILES string of the molecule is COc1ccc2ncc(Cl)c(CCCC3CCN(CC#Cc4cccs4)CC3CC(=O)O)c2c1. The number of rotatable bonds is 8. The highest BCUT2D eigenvalue weighted by Crippen LogP contribution is 2.33. The van der Waals surface area contributed by atoms with Gasteiger partial charge in [0, 0.05) is 24.5 Å². The van der Waals surface area contributed by atoms with E-state index in [2.05, 4.69) is 21.7 Å². The summed E-state index contributed by atoms with van der Waals surface area (Å²) in [5, 5.41) is 13.2. The van der Waals surface area contributed by atoms with Gasteiger partial charge in [0.25, 0.3) is 0 Å². The van der Waals surface area contributed by atoms with E-state index < -0.39 is 5.97 Å². The molecule has 1 fully saturated rings. The molecule has 1 aliphatic rings. The van der Waals surface area contributed by atoms with Crippen molar-refractivity contribution in [3.63, 3.8) is 0 Å².